The number of primary amides is 1. The Balaban J connectivity index is 2.02. The molecule has 0 bridgehead atoms. The zero-order valence-electron chi connectivity index (χ0n) is 11.5. The highest BCUT2D eigenvalue weighted by atomic mass is 32.1. The van der Waals surface area contributed by atoms with Crippen LogP contribution >= 0.6 is 11.3 Å². The molecule has 0 saturated carbocycles. The van der Waals surface area contributed by atoms with Gasteiger partial charge in [0.2, 0.25) is 5.91 Å². The van der Waals surface area contributed by atoms with E-state index in [9.17, 15) is 4.79 Å². The quantitative estimate of drug-likeness (QED) is 0.861. The summed E-state index contributed by atoms with van der Waals surface area (Å²) in [4.78, 5) is 15.6. The van der Waals surface area contributed by atoms with E-state index in [0.717, 1.165) is 45.4 Å². The number of amides is 1. The van der Waals surface area contributed by atoms with Gasteiger partial charge in [-0.25, -0.2) is 0 Å². The average Bonchev–Trinajstić information content (AvgIpc) is 2.82. The topological polar surface area (TPSA) is 58.4 Å². The molecule has 0 aliphatic carbocycles. The molecule has 1 fully saturated rings. The van der Waals surface area contributed by atoms with E-state index in [0.29, 0.717) is 0 Å². The molecule has 1 atom stereocenters. The summed E-state index contributed by atoms with van der Waals surface area (Å²) in [5.41, 5.74) is 5.15. The molecule has 0 spiro atoms. The molecule has 0 aromatic carbocycles. The number of nitrogens with one attached hydrogen (secondary N) is 1. The van der Waals surface area contributed by atoms with Crippen molar-refractivity contribution in [2.24, 2.45) is 5.73 Å². The molecule has 1 saturated heterocycles. The third-order valence-corrected chi connectivity index (χ3v) is 4.91. The molecule has 19 heavy (non-hydrogen) atoms. The Kier molecular flexibility index (Phi) is 4.96. The average molecular weight is 281 g/mol. The van der Waals surface area contributed by atoms with Gasteiger partial charge in [0, 0.05) is 18.0 Å². The third kappa shape index (κ3) is 3.55. The van der Waals surface area contributed by atoms with Crippen LogP contribution in [0.3, 0.4) is 0 Å². The minimum absolute atomic E-state index is 0.206. The van der Waals surface area contributed by atoms with Crippen LogP contribution in [0.2, 0.25) is 0 Å². The van der Waals surface area contributed by atoms with Crippen molar-refractivity contribution in [3.05, 3.63) is 22.4 Å². The normalized spacial score (nSPS) is 25.1. The van der Waals surface area contributed by atoms with Crippen LogP contribution in [0, 0.1) is 0 Å². The van der Waals surface area contributed by atoms with Gasteiger partial charge in [-0.15, -0.1) is 11.3 Å². The Bertz CT molecular complexity index is 407. The summed E-state index contributed by atoms with van der Waals surface area (Å²) in [6, 6.07) is 4.12. The third-order valence-electron chi connectivity index (χ3n) is 4.03. The fourth-order valence-electron chi connectivity index (χ4n) is 2.69. The first-order valence-corrected chi connectivity index (χ1v) is 7.84. The van der Waals surface area contributed by atoms with Gasteiger partial charge in [0.15, 0.2) is 0 Å². The number of nitrogens with zero attached hydrogens (tertiary/aromatic N) is 1. The summed E-state index contributed by atoms with van der Waals surface area (Å²) in [6.07, 6.45) is 2.67. The summed E-state index contributed by atoms with van der Waals surface area (Å²) < 4.78 is 0. The summed E-state index contributed by atoms with van der Waals surface area (Å²) >= 11 is 1.71. The molecule has 1 unspecified atom stereocenters. The molecule has 1 aliphatic heterocycles. The summed E-state index contributed by atoms with van der Waals surface area (Å²) in [5, 5.41) is 5.49. The van der Waals surface area contributed by atoms with E-state index in [1.807, 2.05) is 6.07 Å². The molecular formula is C14H23N3OS. The number of thiophene rings is 1. The first kappa shape index (κ1) is 14.5. The Morgan fingerprint density at radius 3 is 3.00 bits per heavy atom. The maximum atomic E-state index is 11.9. The maximum Gasteiger partial charge on any atom is 0.237 e. The van der Waals surface area contributed by atoms with E-state index in [4.69, 9.17) is 5.73 Å². The fraction of sp³-hybridized carbons (Fsp3) is 0.643. The van der Waals surface area contributed by atoms with Crippen LogP contribution in [0.1, 0.15) is 31.1 Å². The van der Waals surface area contributed by atoms with Crippen molar-refractivity contribution >= 4 is 17.2 Å². The van der Waals surface area contributed by atoms with Crippen molar-refractivity contribution in [1.82, 2.24) is 10.2 Å². The number of hydrogen-bond acceptors (Lipinski definition) is 4. The van der Waals surface area contributed by atoms with Crippen molar-refractivity contribution in [1.29, 1.82) is 0 Å². The number of rotatable bonds is 5. The van der Waals surface area contributed by atoms with Gasteiger partial charge in [0.05, 0.1) is 5.54 Å². The highest BCUT2D eigenvalue weighted by Crippen LogP contribution is 2.23. The van der Waals surface area contributed by atoms with Crippen LogP contribution in [0.5, 0.6) is 0 Å². The first-order valence-electron chi connectivity index (χ1n) is 6.96. The standard InChI is InChI=1S/C14H23N3OS/c1-2-17-8-4-6-14(7-9-17,13(15)18)16-11-12-5-3-10-19-12/h3,5,10,16H,2,4,6-9,11H2,1H3,(H2,15,18). The lowest BCUT2D eigenvalue weighted by molar-refractivity contribution is -0.125. The predicted octanol–water partition coefficient (Wildman–Crippen LogP) is 1.57. The molecular weight excluding hydrogens is 258 g/mol. The van der Waals surface area contributed by atoms with Gasteiger partial charge in [0.1, 0.15) is 0 Å². The SMILES string of the molecule is CCN1CCCC(NCc2cccs2)(C(N)=O)CC1. The zero-order valence-corrected chi connectivity index (χ0v) is 12.3. The van der Waals surface area contributed by atoms with Crippen LogP contribution in [0.15, 0.2) is 17.5 Å². The van der Waals surface area contributed by atoms with Crippen molar-refractivity contribution < 1.29 is 4.79 Å². The number of nitrogens with two attached hydrogens (primary N) is 1. The molecule has 4 nitrogen and oxygen atoms in total. The van der Waals surface area contributed by atoms with Gasteiger partial charge in [-0.2, -0.15) is 0 Å². The molecule has 2 heterocycles. The van der Waals surface area contributed by atoms with Gasteiger partial charge in [-0.3, -0.25) is 10.1 Å². The lowest BCUT2D eigenvalue weighted by Gasteiger charge is -2.30. The lowest BCUT2D eigenvalue weighted by atomic mass is 9.89. The van der Waals surface area contributed by atoms with E-state index in [2.05, 4.69) is 28.6 Å². The smallest absolute Gasteiger partial charge is 0.237 e. The largest absolute Gasteiger partial charge is 0.368 e. The van der Waals surface area contributed by atoms with E-state index < -0.39 is 5.54 Å². The van der Waals surface area contributed by atoms with E-state index in [-0.39, 0.29) is 5.91 Å². The summed E-state index contributed by atoms with van der Waals surface area (Å²) in [5.74, 6) is -0.206. The maximum absolute atomic E-state index is 11.9. The summed E-state index contributed by atoms with van der Waals surface area (Å²) in [6.45, 7) is 5.94. The number of likely N-dealkylation sites (tertiary alicyclic amines) is 1. The Morgan fingerprint density at radius 1 is 1.53 bits per heavy atom. The van der Waals surface area contributed by atoms with E-state index in [1.165, 1.54) is 4.88 Å². The minimum Gasteiger partial charge on any atom is -0.368 e. The molecule has 1 aliphatic rings. The van der Waals surface area contributed by atoms with Crippen molar-refractivity contribution in [2.75, 3.05) is 19.6 Å². The Morgan fingerprint density at radius 2 is 2.37 bits per heavy atom. The van der Waals surface area contributed by atoms with Gasteiger partial charge in [0.25, 0.3) is 0 Å². The minimum atomic E-state index is -0.534. The van der Waals surface area contributed by atoms with E-state index in [1.54, 1.807) is 11.3 Å². The van der Waals surface area contributed by atoms with Gasteiger partial charge < -0.3 is 10.6 Å². The molecule has 1 aromatic heterocycles. The van der Waals surface area contributed by atoms with E-state index >= 15 is 0 Å². The number of hydrogen-bond donors (Lipinski definition) is 2. The molecule has 3 N–H and O–H groups in total. The van der Waals surface area contributed by atoms with Crippen molar-refractivity contribution in [2.45, 2.75) is 38.3 Å². The summed E-state index contributed by atoms with van der Waals surface area (Å²) in [7, 11) is 0. The van der Waals surface area contributed by atoms with Crippen molar-refractivity contribution in [3.63, 3.8) is 0 Å². The second-order valence-corrected chi connectivity index (χ2v) is 6.20. The molecule has 2 rings (SSSR count). The molecule has 106 valence electrons. The van der Waals surface area contributed by atoms with Crippen LogP contribution in [0.4, 0.5) is 0 Å². The monoisotopic (exact) mass is 281 g/mol. The lowest BCUT2D eigenvalue weighted by Crippen LogP contribution is -2.55. The van der Waals surface area contributed by atoms with Crippen LogP contribution in [0.25, 0.3) is 0 Å². The second-order valence-electron chi connectivity index (χ2n) is 5.17. The van der Waals surface area contributed by atoms with Crippen LogP contribution < -0.4 is 11.1 Å². The Labute approximate surface area is 119 Å². The highest BCUT2D eigenvalue weighted by molar-refractivity contribution is 7.09. The molecule has 1 aromatic rings. The van der Waals surface area contributed by atoms with Crippen molar-refractivity contribution in [3.8, 4) is 0 Å². The first-order chi connectivity index (χ1) is 9.16. The van der Waals surface area contributed by atoms with Gasteiger partial charge >= 0.3 is 0 Å². The van der Waals surface area contributed by atoms with Gasteiger partial charge in [-0.05, 0) is 43.8 Å². The molecule has 0 radical (unpaired) electrons. The fourth-order valence-corrected chi connectivity index (χ4v) is 3.33. The van der Waals surface area contributed by atoms with Gasteiger partial charge in [-0.1, -0.05) is 13.0 Å². The number of carbonyl (C=O) groups excluding carboxylic acids is 1. The van der Waals surface area contributed by atoms with Crippen LogP contribution in [-0.4, -0.2) is 36.0 Å². The predicted molar refractivity (Wildman–Crippen MR) is 79.0 cm³/mol. The number of carbonyl (C=O) groups is 1. The highest BCUT2D eigenvalue weighted by Gasteiger charge is 2.37. The second kappa shape index (κ2) is 6.50. The Hall–Kier alpha value is -0.910. The molecule has 5 heteroatoms. The zero-order chi connectivity index (χ0) is 13.7. The van der Waals surface area contributed by atoms with Crippen LogP contribution in [-0.2, 0) is 11.3 Å². The molecule has 1 amide bonds.